The summed E-state index contributed by atoms with van der Waals surface area (Å²) in [6, 6.07) is 15.4. The summed E-state index contributed by atoms with van der Waals surface area (Å²) in [5.74, 6) is -0.815. The first-order valence-electron chi connectivity index (χ1n) is 9.33. The molecule has 0 unspecified atom stereocenters. The van der Waals surface area contributed by atoms with E-state index in [0.29, 0.717) is 24.1 Å². The minimum atomic E-state index is -0.468. The number of nitrogens with one attached hydrogen (secondary N) is 1. The maximum atomic E-state index is 14.5. The van der Waals surface area contributed by atoms with Crippen LogP contribution < -0.4 is 10.2 Å². The topological polar surface area (TPSA) is 62.3 Å². The molecule has 0 fully saturated rings. The molecule has 6 heteroatoms. The third kappa shape index (κ3) is 4.85. The van der Waals surface area contributed by atoms with E-state index in [1.165, 1.54) is 11.0 Å². The van der Waals surface area contributed by atoms with Gasteiger partial charge >= 0.3 is 0 Å². The van der Waals surface area contributed by atoms with E-state index in [0.717, 1.165) is 11.1 Å². The van der Waals surface area contributed by atoms with E-state index in [-0.39, 0.29) is 17.5 Å². The Kier molecular flexibility index (Phi) is 6.34. The first kappa shape index (κ1) is 20.2. The highest BCUT2D eigenvalue weighted by Gasteiger charge is 2.14. The zero-order valence-corrected chi connectivity index (χ0v) is 16.4. The Bertz CT molecular complexity index is 1000. The summed E-state index contributed by atoms with van der Waals surface area (Å²) in [5, 5.41) is 2.84. The Hall–Kier alpha value is -3.54. The molecular formula is C23H22FN3O2. The van der Waals surface area contributed by atoms with Crippen LogP contribution in [0.25, 0.3) is 11.1 Å². The van der Waals surface area contributed by atoms with Crippen molar-refractivity contribution < 1.29 is 14.0 Å². The molecule has 0 saturated carbocycles. The number of pyridine rings is 1. The van der Waals surface area contributed by atoms with E-state index < -0.39 is 5.82 Å². The lowest BCUT2D eigenvalue weighted by Gasteiger charge is -2.17. The highest BCUT2D eigenvalue weighted by atomic mass is 19.1. The van der Waals surface area contributed by atoms with E-state index in [4.69, 9.17) is 0 Å². The van der Waals surface area contributed by atoms with Gasteiger partial charge in [0.25, 0.3) is 5.91 Å². The lowest BCUT2D eigenvalue weighted by Crippen LogP contribution is -2.25. The molecule has 0 saturated heterocycles. The van der Waals surface area contributed by atoms with Gasteiger partial charge in [0.05, 0.1) is 5.69 Å². The molecule has 2 amide bonds. The van der Waals surface area contributed by atoms with Gasteiger partial charge in [0.2, 0.25) is 5.91 Å². The number of anilines is 1. The fraction of sp³-hybridized carbons (Fsp3) is 0.174. The molecule has 148 valence electrons. The van der Waals surface area contributed by atoms with E-state index in [1.807, 2.05) is 12.1 Å². The van der Waals surface area contributed by atoms with Crippen LogP contribution in [0.15, 0.2) is 67.0 Å². The van der Waals surface area contributed by atoms with Crippen molar-refractivity contribution in [2.24, 2.45) is 0 Å². The Morgan fingerprint density at radius 3 is 2.41 bits per heavy atom. The van der Waals surface area contributed by atoms with E-state index >= 15 is 0 Å². The highest BCUT2D eigenvalue weighted by molar-refractivity contribution is 5.95. The number of nitrogens with zero attached hydrogens (tertiary/aromatic N) is 2. The largest absolute Gasteiger partial charge is 0.348 e. The average Bonchev–Trinajstić information content (AvgIpc) is 2.77. The van der Waals surface area contributed by atoms with Gasteiger partial charge in [-0.25, -0.2) is 4.39 Å². The molecule has 0 radical (unpaired) electrons. The monoisotopic (exact) mass is 391 g/mol. The van der Waals surface area contributed by atoms with Gasteiger partial charge in [0.1, 0.15) is 5.82 Å². The summed E-state index contributed by atoms with van der Waals surface area (Å²) >= 11 is 0. The molecule has 1 N–H and O–H groups in total. The summed E-state index contributed by atoms with van der Waals surface area (Å²) < 4.78 is 14.5. The first-order valence-corrected chi connectivity index (χ1v) is 9.33. The van der Waals surface area contributed by atoms with Gasteiger partial charge in [0, 0.05) is 38.0 Å². The van der Waals surface area contributed by atoms with Gasteiger partial charge in [-0.1, -0.05) is 31.2 Å². The zero-order valence-electron chi connectivity index (χ0n) is 16.4. The SMILES string of the molecule is CCC(=O)N(C)c1ccc(-c2ccc(C(=O)NCc3cccnc3)cc2)cc1F. The van der Waals surface area contributed by atoms with E-state index in [2.05, 4.69) is 10.3 Å². The number of aromatic nitrogens is 1. The molecule has 29 heavy (non-hydrogen) atoms. The molecule has 0 bridgehead atoms. The van der Waals surface area contributed by atoms with E-state index in [9.17, 15) is 14.0 Å². The van der Waals surface area contributed by atoms with Crippen molar-refractivity contribution >= 4 is 17.5 Å². The van der Waals surface area contributed by atoms with Gasteiger partial charge in [-0.15, -0.1) is 0 Å². The predicted molar refractivity (Wildman–Crippen MR) is 111 cm³/mol. The van der Waals surface area contributed by atoms with Gasteiger partial charge < -0.3 is 10.2 Å². The van der Waals surface area contributed by atoms with Crippen LogP contribution in [0.3, 0.4) is 0 Å². The van der Waals surface area contributed by atoms with Crippen molar-refractivity contribution in [3.05, 3.63) is 83.9 Å². The fourth-order valence-corrected chi connectivity index (χ4v) is 2.93. The van der Waals surface area contributed by atoms with Crippen LogP contribution in [0.1, 0.15) is 29.3 Å². The Labute approximate surface area is 169 Å². The minimum absolute atomic E-state index is 0.154. The Morgan fingerprint density at radius 1 is 1.07 bits per heavy atom. The van der Waals surface area contributed by atoms with Crippen LogP contribution in [0.2, 0.25) is 0 Å². The molecular weight excluding hydrogens is 369 g/mol. The van der Waals surface area contributed by atoms with Crippen LogP contribution in [0.5, 0.6) is 0 Å². The van der Waals surface area contributed by atoms with Crippen molar-refractivity contribution in [2.45, 2.75) is 19.9 Å². The second-order valence-corrected chi connectivity index (χ2v) is 6.59. The third-order valence-electron chi connectivity index (χ3n) is 4.64. The molecule has 2 aromatic carbocycles. The molecule has 1 aromatic heterocycles. The number of rotatable bonds is 6. The maximum absolute atomic E-state index is 14.5. The van der Waals surface area contributed by atoms with Crippen LogP contribution >= 0.6 is 0 Å². The Morgan fingerprint density at radius 2 is 1.79 bits per heavy atom. The third-order valence-corrected chi connectivity index (χ3v) is 4.64. The van der Waals surface area contributed by atoms with Crippen LogP contribution in [-0.2, 0) is 11.3 Å². The van der Waals surface area contributed by atoms with Gasteiger partial charge in [-0.3, -0.25) is 14.6 Å². The number of halogens is 1. The summed E-state index contributed by atoms with van der Waals surface area (Å²) in [6.07, 6.45) is 3.69. The molecule has 3 aromatic rings. The van der Waals surface area contributed by atoms with E-state index in [1.54, 1.807) is 62.8 Å². The fourth-order valence-electron chi connectivity index (χ4n) is 2.93. The summed E-state index contributed by atoms with van der Waals surface area (Å²) in [5.41, 5.74) is 3.13. The summed E-state index contributed by atoms with van der Waals surface area (Å²) in [6.45, 7) is 2.13. The second kappa shape index (κ2) is 9.10. The molecule has 0 atom stereocenters. The molecule has 5 nitrogen and oxygen atoms in total. The first-order chi connectivity index (χ1) is 14.0. The number of carbonyl (C=O) groups excluding carboxylic acids is 2. The lowest BCUT2D eigenvalue weighted by molar-refractivity contribution is -0.118. The standard InChI is InChI=1S/C23H22FN3O2/c1-3-22(28)27(2)21-11-10-19(13-20(21)24)17-6-8-18(9-7-17)23(29)26-15-16-5-4-12-25-14-16/h4-14H,3,15H2,1-2H3,(H,26,29). The van der Waals surface area contributed by atoms with Crippen molar-refractivity contribution in [2.75, 3.05) is 11.9 Å². The van der Waals surface area contributed by atoms with Crippen molar-refractivity contribution in [3.63, 3.8) is 0 Å². The summed E-state index contributed by atoms with van der Waals surface area (Å²) in [7, 11) is 1.56. The normalized spacial score (nSPS) is 10.4. The number of hydrogen-bond acceptors (Lipinski definition) is 3. The smallest absolute Gasteiger partial charge is 0.251 e. The number of hydrogen-bond donors (Lipinski definition) is 1. The highest BCUT2D eigenvalue weighted by Crippen LogP contribution is 2.26. The van der Waals surface area contributed by atoms with Crippen LogP contribution in [0, 0.1) is 5.82 Å². The molecule has 0 aliphatic carbocycles. The van der Waals surface area contributed by atoms with Gasteiger partial charge in [-0.2, -0.15) is 0 Å². The molecule has 3 rings (SSSR count). The molecule has 0 aliphatic heterocycles. The van der Waals surface area contributed by atoms with Crippen molar-refractivity contribution in [3.8, 4) is 11.1 Å². The van der Waals surface area contributed by atoms with Crippen molar-refractivity contribution in [1.29, 1.82) is 0 Å². The zero-order chi connectivity index (χ0) is 20.8. The van der Waals surface area contributed by atoms with Crippen LogP contribution in [-0.4, -0.2) is 23.8 Å². The lowest BCUT2D eigenvalue weighted by atomic mass is 10.0. The van der Waals surface area contributed by atoms with Crippen LogP contribution in [0.4, 0.5) is 10.1 Å². The average molecular weight is 391 g/mol. The quantitative estimate of drug-likeness (QED) is 0.685. The minimum Gasteiger partial charge on any atom is -0.348 e. The van der Waals surface area contributed by atoms with Gasteiger partial charge in [0.15, 0.2) is 0 Å². The number of benzene rings is 2. The number of carbonyl (C=O) groups is 2. The predicted octanol–water partition coefficient (Wildman–Crippen LogP) is 4.19. The maximum Gasteiger partial charge on any atom is 0.251 e. The summed E-state index contributed by atoms with van der Waals surface area (Å²) in [4.78, 5) is 29.4. The molecule has 0 aliphatic rings. The molecule has 1 heterocycles. The van der Waals surface area contributed by atoms with Gasteiger partial charge in [-0.05, 0) is 47.0 Å². The van der Waals surface area contributed by atoms with Crippen molar-refractivity contribution in [1.82, 2.24) is 10.3 Å². The number of amides is 2. The molecule has 0 spiro atoms. The second-order valence-electron chi connectivity index (χ2n) is 6.59. The Balaban J connectivity index is 1.70.